The van der Waals surface area contributed by atoms with E-state index >= 15 is 0 Å². The number of aromatic nitrogens is 4. The number of fused-ring (bicyclic) bond motifs is 1. The summed E-state index contributed by atoms with van der Waals surface area (Å²) in [6.45, 7) is 2.48. The van der Waals surface area contributed by atoms with Crippen molar-refractivity contribution < 1.29 is 0 Å². The summed E-state index contributed by atoms with van der Waals surface area (Å²) in [6.07, 6.45) is 3.55. The number of nitrogens with zero attached hydrogens (tertiary/aromatic N) is 5. The van der Waals surface area contributed by atoms with Crippen molar-refractivity contribution in [2.45, 2.75) is 13.5 Å². The Kier molecular flexibility index (Phi) is 4.85. The first-order valence-electron chi connectivity index (χ1n) is 9.16. The summed E-state index contributed by atoms with van der Waals surface area (Å²) < 4.78 is 0. The fraction of sp³-hybridized carbons (Fsp3) is 0.182. The van der Waals surface area contributed by atoms with Gasteiger partial charge in [-0.2, -0.15) is 0 Å². The van der Waals surface area contributed by atoms with Gasteiger partial charge in [-0.25, -0.2) is 9.97 Å². The number of nitrogens with one attached hydrogen (secondary N) is 1. The number of para-hydroxylation sites is 1. The number of hydrogen-bond acceptors (Lipinski definition) is 6. The van der Waals surface area contributed by atoms with Crippen LogP contribution in [0.5, 0.6) is 0 Å². The third-order valence-corrected chi connectivity index (χ3v) is 4.52. The molecule has 6 nitrogen and oxygen atoms in total. The van der Waals surface area contributed by atoms with E-state index in [0.29, 0.717) is 12.4 Å². The molecule has 0 atom stereocenters. The monoisotopic (exact) mass is 370 g/mol. The summed E-state index contributed by atoms with van der Waals surface area (Å²) in [5.41, 5.74) is 4.79. The average Bonchev–Trinajstić information content (AvgIpc) is 2.73. The largest absolute Gasteiger partial charge is 0.378 e. The van der Waals surface area contributed by atoms with Gasteiger partial charge in [0, 0.05) is 36.9 Å². The predicted molar refractivity (Wildman–Crippen MR) is 113 cm³/mol. The highest BCUT2D eigenvalue weighted by Crippen LogP contribution is 2.26. The molecule has 2 aromatic heterocycles. The van der Waals surface area contributed by atoms with E-state index < -0.39 is 0 Å². The zero-order valence-electron chi connectivity index (χ0n) is 16.2. The van der Waals surface area contributed by atoms with Crippen molar-refractivity contribution in [1.82, 2.24) is 19.9 Å². The van der Waals surface area contributed by atoms with Crippen LogP contribution in [0.2, 0.25) is 0 Å². The number of aryl methyl sites for hydroxylation is 1. The SMILES string of the molecule is Cc1cnc(CNc2nc(-c3ccc(N(C)C)cc3)nc3ccccc23)cn1. The fourth-order valence-corrected chi connectivity index (χ4v) is 2.93. The first kappa shape index (κ1) is 17.9. The van der Waals surface area contributed by atoms with Crippen molar-refractivity contribution >= 4 is 22.4 Å². The fourth-order valence-electron chi connectivity index (χ4n) is 2.93. The molecule has 0 fully saturated rings. The number of hydrogen-bond donors (Lipinski definition) is 1. The van der Waals surface area contributed by atoms with E-state index in [4.69, 9.17) is 9.97 Å². The maximum absolute atomic E-state index is 4.79. The van der Waals surface area contributed by atoms with Crippen LogP contribution in [-0.4, -0.2) is 34.0 Å². The van der Waals surface area contributed by atoms with Crippen molar-refractivity contribution in [1.29, 1.82) is 0 Å². The Bertz CT molecular complexity index is 1090. The summed E-state index contributed by atoms with van der Waals surface area (Å²) in [7, 11) is 4.05. The Labute approximate surface area is 164 Å². The highest BCUT2D eigenvalue weighted by Gasteiger charge is 2.10. The maximum atomic E-state index is 4.79. The van der Waals surface area contributed by atoms with E-state index in [9.17, 15) is 0 Å². The molecule has 4 aromatic rings. The quantitative estimate of drug-likeness (QED) is 0.571. The molecule has 0 saturated heterocycles. The molecule has 0 aliphatic carbocycles. The number of anilines is 2. The molecule has 0 amide bonds. The molecule has 4 rings (SSSR count). The van der Waals surface area contributed by atoms with E-state index in [0.717, 1.165) is 39.4 Å². The van der Waals surface area contributed by atoms with Gasteiger partial charge in [0.1, 0.15) is 5.82 Å². The number of benzene rings is 2. The second-order valence-corrected chi connectivity index (χ2v) is 6.86. The lowest BCUT2D eigenvalue weighted by Gasteiger charge is -2.13. The lowest BCUT2D eigenvalue weighted by Crippen LogP contribution is -2.08. The Morgan fingerprint density at radius 3 is 2.39 bits per heavy atom. The Morgan fingerprint density at radius 2 is 1.68 bits per heavy atom. The maximum Gasteiger partial charge on any atom is 0.162 e. The van der Waals surface area contributed by atoms with E-state index in [1.54, 1.807) is 12.4 Å². The molecule has 0 bridgehead atoms. The minimum absolute atomic E-state index is 0.549. The van der Waals surface area contributed by atoms with Crippen LogP contribution < -0.4 is 10.2 Å². The van der Waals surface area contributed by atoms with Gasteiger partial charge in [0.25, 0.3) is 0 Å². The zero-order chi connectivity index (χ0) is 19.5. The third kappa shape index (κ3) is 3.76. The van der Waals surface area contributed by atoms with Crippen LogP contribution in [0.15, 0.2) is 60.9 Å². The lowest BCUT2D eigenvalue weighted by molar-refractivity contribution is 0.977. The van der Waals surface area contributed by atoms with Crippen LogP contribution in [0.1, 0.15) is 11.4 Å². The summed E-state index contributed by atoms with van der Waals surface area (Å²) in [5.74, 6) is 1.49. The molecule has 0 unspecified atom stereocenters. The van der Waals surface area contributed by atoms with Gasteiger partial charge in [-0.3, -0.25) is 9.97 Å². The summed E-state index contributed by atoms with van der Waals surface area (Å²) in [6, 6.07) is 16.3. The van der Waals surface area contributed by atoms with Crippen LogP contribution in [0.3, 0.4) is 0 Å². The normalized spacial score (nSPS) is 10.8. The van der Waals surface area contributed by atoms with Gasteiger partial charge in [-0.1, -0.05) is 12.1 Å². The molecule has 2 heterocycles. The van der Waals surface area contributed by atoms with Crippen LogP contribution in [-0.2, 0) is 6.54 Å². The molecule has 1 N–H and O–H groups in total. The van der Waals surface area contributed by atoms with Gasteiger partial charge in [0.2, 0.25) is 0 Å². The van der Waals surface area contributed by atoms with Crippen molar-refractivity contribution in [3.63, 3.8) is 0 Å². The van der Waals surface area contributed by atoms with Crippen molar-refractivity contribution in [3.05, 3.63) is 72.3 Å². The van der Waals surface area contributed by atoms with E-state index in [2.05, 4.69) is 44.5 Å². The Hall–Kier alpha value is -3.54. The van der Waals surface area contributed by atoms with Crippen LogP contribution >= 0.6 is 0 Å². The molecular formula is C22H22N6. The van der Waals surface area contributed by atoms with Gasteiger partial charge >= 0.3 is 0 Å². The Morgan fingerprint density at radius 1 is 0.893 bits per heavy atom. The van der Waals surface area contributed by atoms with Crippen molar-refractivity contribution in [3.8, 4) is 11.4 Å². The smallest absolute Gasteiger partial charge is 0.162 e. The van der Waals surface area contributed by atoms with E-state index in [-0.39, 0.29) is 0 Å². The predicted octanol–water partition coefficient (Wildman–Crippen LogP) is 4.07. The minimum Gasteiger partial charge on any atom is -0.378 e. The summed E-state index contributed by atoms with van der Waals surface area (Å²) >= 11 is 0. The van der Waals surface area contributed by atoms with Crippen LogP contribution in [0.25, 0.3) is 22.3 Å². The third-order valence-electron chi connectivity index (χ3n) is 4.52. The summed E-state index contributed by atoms with van der Waals surface area (Å²) in [4.78, 5) is 20.3. The Balaban J connectivity index is 1.69. The molecule has 0 aliphatic heterocycles. The first-order valence-corrected chi connectivity index (χ1v) is 9.16. The molecule has 0 saturated carbocycles. The van der Waals surface area contributed by atoms with Gasteiger partial charge in [0.15, 0.2) is 5.82 Å². The molecule has 6 heteroatoms. The van der Waals surface area contributed by atoms with Crippen LogP contribution in [0, 0.1) is 6.92 Å². The highest BCUT2D eigenvalue weighted by atomic mass is 15.1. The van der Waals surface area contributed by atoms with Crippen LogP contribution in [0.4, 0.5) is 11.5 Å². The van der Waals surface area contributed by atoms with E-state index in [1.807, 2.05) is 45.3 Å². The highest BCUT2D eigenvalue weighted by molar-refractivity contribution is 5.90. The summed E-state index contributed by atoms with van der Waals surface area (Å²) in [5, 5.41) is 4.38. The molecule has 0 aliphatic rings. The first-order chi connectivity index (χ1) is 13.6. The second-order valence-electron chi connectivity index (χ2n) is 6.86. The molecular weight excluding hydrogens is 348 g/mol. The lowest BCUT2D eigenvalue weighted by atomic mass is 10.1. The second kappa shape index (κ2) is 7.60. The standard InChI is InChI=1S/C22H22N6/c1-15-12-24-17(13-23-15)14-25-22-19-6-4-5-7-20(19)26-21(27-22)16-8-10-18(11-9-16)28(2)3/h4-13H,14H2,1-3H3,(H,25,26,27). The van der Waals surface area contributed by atoms with Crippen molar-refractivity contribution in [2.24, 2.45) is 0 Å². The molecule has 140 valence electrons. The van der Waals surface area contributed by atoms with Crippen molar-refractivity contribution in [2.75, 3.05) is 24.3 Å². The number of rotatable bonds is 5. The molecule has 0 spiro atoms. The van der Waals surface area contributed by atoms with Gasteiger partial charge in [-0.05, 0) is 43.3 Å². The molecule has 28 heavy (non-hydrogen) atoms. The van der Waals surface area contributed by atoms with Gasteiger partial charge in [-0.15, -0.1) is 0 Å². The topological polar surface area (TPSA) is 66.8 Å². The average molecular weight is 370 g/mol. The van der Waals surface area contributed by atoms with Gasteiger partial charge < -0.3 is 10.2 Å². The van der Waals surface area contributed by atoms with E-state index in [1.165, 1.54) is 0 Å². The molecule has 0 radical (unpaired) electrons. The minimum atomic E-state index is 0.549. The zero-order valence-corrected chi connectivity index (χ0v) is 16.2. The van der Waals surface area contributed by atoms with Gasteiger partial charge in [0.05, 0.1) is 29.6 Å². The molecule has 2 aromatic carbocycles.